The van der Waals surface area contributed by atoms with Gasteiger partial charge in [0.15, 0.2) is 0 Å². The molecule has 230 valence electrons. The van der Waals surface area contributed by atoms with Crippen molar-refractivity contribution >= 4 is 39.1 Å². The second-order valence-corrected chi connectivity index (χ2v) is 13.3. The lowest BCUT2D eigenvalue weighted by Gasteiger charge is -2.38. The third-order valence-electron chi connectivity index (χ3n) is 7.67. The van der Waals surface area contributed by atoms with E-state index in [-0.39, 0.29) is 53.6 Å². The van der Waals surface area contributed by atoms with E-state index >= 15 is 0 Å². The monoisotopic (exact) mass is 622 g/mol. The van der Waals surface area contributed by atoms with Crippen LogP contribution in [-0.4, -0.2) is 111 Å². The fraction of sp³-hybridized carbons (Fsp3) is 0.517. The molecule has 2 aromatic rings. The minimum Gasteiger partial charge on any atom is -0.488 e. The Hall–Kier alpha value is -2.74. The zero-order chi connectivity index (χ0) is 30.4. The Morgan fingerprint density at radius 1 is 1.19 bits per heavy atom. The highest BCUT2D eigenvalue weighted by Gasteiger charge is 2.35. The first-order valence-electron chi connectivity index (χ1n) is 14.0. The molecule has 3 atom stereocenters. The van der Waals surface area contributed by atoms with Gasteiger partial charge in [-0.2, -0.15) is 4.31 Å². The molecule has 13 heteroatoms. The minimum atomic E-state index is -3.84. The molecule has 2 heterocycles. The van der Waals surface area contributed by atoms with E-state index < -0.39 is 22.2 Å². The number of likely N-dealkylation sites (N-methyl/N-ethyl adjacent to an activating group) is 1. The summed E-state index contributed by atoms with van der Waals surface area (Å²) in [5.74, 6) is -0.529. The zero-order valence-corrected chi connectivity index (χ0v) is 25.7. The van der Waals surface area contributed by atoms with Crippen molar-refractivity contribution in [3.8, 4) is 5.75 Å². The van der Waals surface area contributed by atoms with Crippen molar-refractivity contribution < 1.29 is 32.6 Å². The summed E-state index contributed by atoms with van der Waals surface area (Å²) >= 11 is 5.94. The fourth-order valence-corrected chi connectivity index (χ4v) is 6.27. The standard InChI is InChI=1S/C29H39ClN4O7S/c1-20-17-34(21(2)19-35)29(37)25-16-23(31-28(36)10-11-33-12-14-40-15-13-33)6-9-26(25)41-27(20)18-32(3)42(38,39)24-7-4-22(30)5-8-24/h4-9,16,20-21,27,35H,10-15,17-19H2,1-3H3,(H,31,36)/t20-,21+,27-/m0/s1. The van der Waals surface area contributed by atoms with Crippen molar-refractivity contribution in [3.05, 3.63) is 53.1 Å². The Balaban J connectivity index is 1.55. The first-order valence-corrected chi connectivity index (χ1v) is 15.9. The van der Waals surface area contributed by atoms with Gasteiger partial charge in [-0.25, -0.2) is 8.42 Å². The van der Waals surface area contributed by atoms with E-state index in [1.165, 1.54) is 35.6 Å². The van der Waals surface area contributed by atoms with Crippen LogP contribution in [0.5, 0.6) is 5.75 Å². The van der Waals surface area contributed by atoms with Gasteiger partial charge in [-0.05, 0) is 49.4 Å². The smallest absolute Gasteiger partial charge is 0.258 e. The summed E-state index contributed by atoms with van der Waals surface area (Å²) in [5, 5.41) is 13.2. The molecular weight excluding hydrogens is 584 g/mol. The van der Waals surface area contributed by atoms with Crippen LogP contribution >= 0.6 is 11.6 Å². The number of benzene rings is 2. The van der Waals surface area contributed by atoms with Crippen LogP contribution in [0.4, 0.5) is 5.69 Å². The summed E-state index contributed by atoms with van der Waals surface area (Å²) in [5.41, 5.74) is 0.670. The largest absolute Gasteiger partial charge is 0.488 e. The first kappa shape index (κ1) is 32.2. The highest BCUT2D eigenvalue weighted by molar-refractivity contribution is 7.89. The lowest BCUT2D eigenvalue weighted by molar-refractivity contribution is -0.116. The molecule has 0 aliphatic carbocycles. The van der Waals surface area contributed by atoms with Crippen LogP contribution < -0.4 is 10.1 Å². The fourth-order valence-electron chi connectivity index (χ4n) is 4.96. The van der Waals surface area contributed by atoms with Crippen LogP contribution in [0.1, 0.15) is 30.6 Å². The molecular formula is C29H39ClN4O7S. The summed E-state index contributed by atoms with van der Waals surface area (Å²) in [6, 6.07) is 10.3. The molecule has 1 fully saturated rings. The Labute approximate surface area is 252 Å². The lowest BCUT2D eigenvalue weighted by atomic mass is 9.99. The second kappa shape index (κ2) is 14.2. The number of amides is 2. The molecule has 0 saturated carbocycles. The lowest BCUT2D eigenvalue weighted by Crippen LogP contribution is -2.50. The first-order chi connectivity index (χ1) is 20.0. The van der Waals surface area contributed by atoms with E-state index in [4.69, 9.17) is 21.1 Å². The highest BCUT2D eigenvalue weighted by Crippen LogP contribution is 2.31. The van der Waals surface area contributed by atoms with Crippen LogP contribution in [0.25, 0.3) is 0 Å². The van der Waals surface area contributed by atoms with Crippen LogP contribution in [0.2, 0.25) is 5.02 Å². The van der Waals surface area contributed by atoms with Crippen LogP contribution in [0.3, 0.4) is 0 Å². The van der Waals surface area contributed by atoms with Crippen LogP contribution in [-0.2, 0) is 19.6 Å². The topological polar surface area (TPSA) is 129 Å². The Morgan fingerprint density at radius 2 is 1.88 bits per heavy atom. The number of carbonyl (C=O) groups excluding carboxylic acids is 2. The van der Waals surface area contributed by atoms with Crippen molar-refractivity contribution in [1.82, 2.24) is 14.1 Å². The van der Waals surface area contributed by atoms with Gasteiger partial charge in [-0.3, -0.25) is 14.5 Å². The number of carbonyl (C=O) groups is 2. The molecule has 0 aromatic heterocycles. The molecule has 0 unspecified atom stereocenters. The summed E-state index contributed by atoms with van der Waals surface area (Å²) < 4.78 is 39.4. The van der Waals surface area contributed by atoms with E-state index in [0.717, 1.165) is 13.1 Å². The molecule has 0 bridgehead atoms. The Kier molecular flexibility index (Phi) is 10.8. The minimum absolute atomic E-state index is 0.0150. The quantitative estimate of drug-likeness (QED) is 0.414. The SMILES string of the molecule is C[C@H](CO)N1C[C@H](C)[C@H](CN(C)S(=O)(=O)c2ccc(Cl)cc2)Oc2ccc(NC(=O)CCN3CCOCC3)cc2C1=O. The van der Waals surface area contributed by atoms with Gasteiger partial charge in [0.1, 0.15) is 11.9 Å². The molecule has 1 saturated heterocycles. The number of morpholine rings is 1. The summed E-state index contributed by atoms with van der Waals surface area (Å²) in [4.78, 5) is 30.2. The number of halogens is 1. The van der Waals surface area contributed by atoms with Crippen LogP contribution in [0, 0.1) is 5.92 Å². The number of ether oxygens (including phenoxy) is 2. The maximum absolute atomic E-state index is 13.7. The van der Waals surface area contributed by atoms with Gasteiger partial charge in [-0.1, -0.05) is 18.5 Å². The van der Waals surface area contributed by atoms with E-state index in [1.54, 1.807) is 30.0 Å². The van der Waals surface area contributed by atoms with Gasteiger partial charge in [0.2, 0.25) is 15.9 Å². The summed E-state index contributed by atoms with van der Waals surface area (Å²) in [6.45, 7) is 7.11. The predicted molar refractivity (Wildman–Crippen MR) is 159 cm³/mol. The Bertz CT molecular complexity index is 1350. The second-order valence-electron chi connectivity index (χ2n) is 10.8. The van der Waals surface area contributed by atoms with Gasteiger partial charge in [0.25, 0.3) is 5.91 Å². The van der Waals surface area contributed by atoms with Crippen molar-refractivity contribution in [1.29, 1.82) is 0 Å². The molecule has 2 N–H and O–H groups in total. The third-order valence-corrected chi connectivity index (χ3v) is 9.76. The molecule has 0 radical (unpaired) electrons. The van der Waals surface area contributed by atoms with E-state index in [1.807, 2.05) is 6.92 Å². The number of aliphatic hydroxyl groups excluding tert-OH is 1. The number of nitrogens with one attached hydrogen (secondary N) is 1. The Morgan fingerprint density at radius 3 is 2.55 bits per heavy atom. The molecule has 2 amide bonds. The van der Waals surface area contributed by atoms with E-state index in [0.29, 0.717) is 36.9 Å². The van der Waals surface area contributed by atoms with Gasteiger partial charge >= 0.3 is 0 Å². The highest BCUT2D eigenvalue weighted by atomic mass is 35.5. The molecule has 11 nitrogen and oxygen atoms in total. The maximum atomic E-state index is 13.7. The van der Waals surface area contributed by atoms with Crippen LogP contribution in [0.15, 0.2) is 47.4 Å². The van der Waals surface area contributed by atoms with Gasteiger partial charge in [-0.15, -0.1) is 0 Å². The van der Waals surface area contributed by atoms with Crippen molar-refractivity contribution in [2.24, 2.45) is 5.92 Å². The van der Waals surface area contributed by atoms with E-state index in [9.17, 15) is 23.1 Å². The zero-order valence-electron chi connectivity index (χ0n) is 24.2. The third kappa shape index (κ3) is 7.80. The van der Waals surface area contributed by atoms with Crippen molar-refractivity contribution in [3.63, 3.8) is 0 Å². The van der Waals surface area contributed by atoms with Gasteiger partial charge in [0, 0.05) is 56.3 Å². The van der Waals surface area contributed by atoms with Crippen molar-refractivity contribution in [2.45, 2.75) is 37.3 Å². The number of nitrogens with zero attached hydrogens (tertiary/aromatic N) is 3. The molecule has 2 aliphatic rings. The predicted octanol–water partition coefficient (Wildman–Crippen LogP) is 2.54. The number of sulfonamides is 1. The average molecular weight is 623 g/mol. The average Bonchev–Trinajstić information content (AvgIpc) is 2.98. The molecule has 2 aromatic carbocycles. The molecule has 0 spiro atoms. The molecule has 42 heavy (non-hydrogen) atoms. The number of rotatable bonds is 10. The summed E-state index contributed by atoms with van der Waals surface area (Å²) in [6.07, 6.45) is -0.324. The van der Waals surface area contributed by atoms with Gasteiger partial charge in [0.05, 0.1) is 42.9 Å². The molecule has 2 aliphatic heterocycles. The number of anilines is 1. The number of aliphatic hydroxyl groups is 1. The number of hydrogen-bond donors (Lipinski definition) is 2. The molecule has 4 rings (SSSR count). The van der Waals surface area contributed by atoms with Crippen molar-refractivity contribution in [2.75, 3.05) is 64.9 Å². The number of hydrogen-bond acceptors (Lipinski definition) is 8. The number of fused-ring (bicyclic) bond motifs is 1. The summed E-state index contributed by atoms with van der Waals surface area (Å²) in [7, 11) is -2.36. The van der Waals surface area contributed by atoms with E-state index in [2.05, 4.69) is 10.2 Å². The maximum Gasteiger partial charge on any atom is 0.258 e. The van der Waals surface area contributed by atoms with Gasteiger partial charge < -0.3 is 24.8 Å². The normalized spacial score (nSPS) is 20.8.